The molecule has 3 aromatic rings. The minimum absolute atomic E-state index is 0.201. The molecule has 1 saturated carbocycles. The summed E-state index contributed by atoms with van der Waals surface area (Å²) in [5, 5.41) is 1.51. The van der Waals surface area contributed by atoms with Crippen molar-refractivity contribution in [1.29, 1.82) is 0 Å². The number of aromatic amines is 1. The molecule has 6 heteroatoms. The molecule has 0 aliphatic heterocycles. The van der Waals surface area contributed by atoms with E-state index in [9.17, 15) is 9.28 Å². The minimum atomic E-state index is -0.876. The van der Waals surface area contributed by atoms with Crippen LogP contribution in [0.3, 0.4) is 0 Å². The number of hydrogen-bond donors (Lipinski definition) is 1. The molecule has 1 aromatic carbocycles. The van der Waals surface area contributed by atoms with Gasteiger partial charge in [-0.15, -0.1) is 22.9 Å². The zero-order valence-electron chi connectivity index (χ0n) is 20.4. The van der Waals surface area contributed by atoms with Crippen LogP contribution in [0.5, 0.6) is 0 Å². The van der Waals surface area contributed by atoms with Gasteiger partial charge in [0, 0.05) is 21.8 Å². The molecule has 0 saturated heterocycles. The number of amides is 1. The van der Waals surface area contributed by atoms with E-state index in [1.54, 1.807) is 11.3 Å². The van der Waals surface area contributed by atoms with E-state index in [0.717, 1.165) is 45.1 Å². The molecule has 1 aliphatic carbocycles. The molecular weight excluding hydrogens is 455 g/mol. The van der Waals surface area contributed by atoms with Gasteiger partial charge in [-0.25, -0.2) is 0 Å². The van der Waals surface area contributed by atoms with Crippen LogP contribution in [0.1, 0.15) is 68.9 Å². The summed E-state index contributed by atoms with van der Waals surface area (Å²) in [5.41, 5.74) is 3.82. The largest absolute Gasteiger partial charge is 0.346 e. The van der Waals surface area contributed by atoms with E-state index in [1.807, 2.05) is 26.8 Å². The van der Waals surface area contributed by atoms with Gasteiger partial charge in [0.1, 0.15) is 4.83 Å². The number of nitrogens with zero attached hydrogens (tertiary/aromatic N) is 1. The van der Waals surface area contributed by atoms with Gasteiger partial charge in [-0.3, -0.25) is 4.79 Å². The Kier molecular flexibility index (Phi) is 8.63. The maximum Gasteiger partial charge on any atom is 0.261 e. The van der Waals surface area contributed by atoms with Gasteiger partial charge < -0.3 is 4.98 Å². The standard InChI is InChI=1S/C24H29FN2OS.C3H7Cl/c1-15-10-16(2)12-18(11-15)20-13-19-14-21(29-22(19)26-20)24(3,4)23(28)27(25)9-8-17-6-5-7-17;1-2-3-4/h10-14,17,26H,5-9H2,1-4H3;2-3H2,1H3. The van der Waals surface area contributed by atoms with Crippen LogP contribution in [-0.2, 0) is 10.2 Å². The van der Waals surface area contributed by atoms with Crippen LogP contribution in [0.2, 0.25) is 0 Å². The molecular formula is C27H36ClFN2OS. The van der Waals surface area contributed by atoms with Crippen LogP contribution in [0.15, 0.2) is 30.3 Å². The van der Waals surface area contributed by atoms with Gasteiger partial charge in [0.25, 0.3) is 5.91 Å². The van der Waals surface area contributed by atoms with Crippen LogP contribution < -0.4 is 0 Å². The van der Waals surface area contributed by atoms with E-state index in [-0.39, 0.29) is 6.54 Å². The number of nitrogens with one attached hydrogen (secondary N) is 1. The van der Waals surface area contributed by atoms with E-state index in [4.69, 9.17) is 11.6 Å². The van der Waals surface area contributed by atoms with Crippen LogP contribution in [-0.4, -0.2) is 28.4 Å². The monoisotopic (exact) mass is 490 g/mol. The number of fused-ring (bicyclic) bond motifs is 1. The highest BCUT2D eigenvalue weighted by Gasteiger charge is 2.36. The zero-order chi connectivity index (χ0) is 24.2. The third-order valence-corrected chi connectivity index (χ3v) is 8.13. The molecule has 33 heavy (non-hydrogen) atoms. The zero-order valence-corrected chi connectivity index (χ0v) is 22.0. The molecule has 1 aliphatic rings. The van der Waals surface area contributed by atoms with E-state index in [1.165, 1.54) is 30.4 Å². The summed E-state index contributed by atoms with van der Waals surface area (Å²) in [7, 11) is 0. The van der Waals surface area contributed by atoms with Gasteiger partial charge in [-0.05, 0) is 76.3 Å². The molecule has 1 N–H and O–H groups in total. The minimum Gasteiger partial charge on any atom is -0.346 e. The fourth-order valence-electron chi connectivity index (χ4n) is 4.11. The summed E-state index contributed by atoms with van der Waals surface area (Å²) < 4.78 is 14.5. The van der Waals surface area contributed by atoms with Crippen molar-refractivity contribution >= 4 is 39.1 Å². The summed E-state index contributed by atoms with van der Waals surface area (Å²) in [6.45, 7) is 10.1. The Balaban J connectivity index is 0.000000709. The molecule has 1 fully saturated rings. The summed E-state index contributed by atoms with van der Waals surface area (Å²) in [5.74, 6) is 0.933. The van der Waals surface area contributed by atoms with Crippen LogP contribution >= 0.6 is 22.9 Å². The lowest BCUT2D eigenvalue weighted by Gasteiger charge is -2.29. The SMILES string of the molecule is CCCCl.Cc1cc(C)cc(-c2cc3cc(C(C)(C)C(=O)N(F)CCC4CCC4)sc3[nH]2)c1. The Bertz CT molecular complexity index is 1030. The molecule has 1 amide bonds. The number of alkyl halides is 1. The molecule has 180 valence electrons. The van der Waals surface area contributed by atoms with Crippen molar-refractivity contribution in [2.24, 2.45) is 5.92 Å². The quantitative estimate of drug-likeness (QED) is 0.262. The molecule has 2 heterocycles. The van der Waals surface area contributed by atoms with Crippen molar-refractivity contribution in [3.63, 3.8) is 0 Å². The van der Waals surface area contributed by atoms with Crippen LogP contribution in [0.25, 0.3) is 21.5 Å². The van der Waals surface area contributed by atoms with Gasteiger partial charge in [0.05, 0.1) is 12.0 Å². The Labute approximate surface area is 206 Å². The number of H-pyrrole nitrogens is 1. The highest BCUT2D eigenvalue weighted by atomic mass is 35.5. The summed E-state index contributed by atoms with van der Waals surface area (Å²) in [6.07, 6.45) is 5.43. The number of carbonyl (C=O) groups is 1. The first-order chi connectivity index (χ1) is 15.6. The predicted molar refractivity (Wildman–Crippen MR) is 140 cm³/mol. The summed E-state index contributed by atoms with van der Waals surface area (Å²) in [4.78, 5) is 18.2. The average Bonchev–Trinajstić information content (AvgIpc) is 3.31. The first-order valence-electron chi connectivity index (χ1n) is 11.9. The smallest absolute Gasteiger partial charge is 0.261 e. The fourth-order valence-corrected chi connectivity index (χ4v) is 5.25. The molecule has 3 nitrogen and oxygen atoms in total. The maximum absolute atomic E-state index is 14.5. The second-order valence-corrected chi connectivity index (χ2v) is 11.2. The number of aryl methyl sites for hydroxylation is 2. The number of benzene rings is 1. The Morgan fingerprint density at radius 1 is 1.18 bits per heavy atom. The van der Waals surface area contributed by atoms with Crippen molar-refractivity contribution in [2.45, 2.75) is 72.1 Å². The highest BCUT2D eigenvalue weighted by molar-refractivity contribution is 7.19. The van der Waals surface area contributed by atoms with E-state index < -0.39 is 11.3 Å². The van der Waals surface area contributed by atoms with Gasteiger partial charge >= 0.3 is 0 Å². The van der Waals surface area contributed by atoms with Gasteiger partial charge in [0.15, 0.2) is 0 Å². The van der Waals surface area contributed by atoms with Crippen molar-refractivity contribution in [3.8, 4) is 11.3 Å². The van der Waals surface area contributed by atoms with Crippen LogP contribution in [0.4, 0.5) is 4.48 Å². The average molecular weight is 491 g/mol. The second-order valence-electron chi connectivity index (χ2n) is 9.75. The number of rotatable bonds is 7. The van der Waals surface area contributed by atoms with Crippen molar-refractivity contribution in [1.82, 2.24) is 10.1 Å². The first-order valence-corrected chi connectivity index (χ1v) is 13.3. The van der Waals surface area contributed by atoms with Crippen molar-refractivity contribution in [3.05, 3.63) is 46.3 Å². The Hall–Kier alpha value is -1.85. The van der Waals surface area contributed by atoms with Crippen molar-refractivity contribution in [2.75, 3.05) is 12.4 Å². The second kappa shape index (κ2) is 11.1. The summed E-state index contributed by atoms with van der Waals surface area (Å²) >= 11 is 6.73. The third-order valence-electron chi connectivity index (χ3n) is 6.36. The van der Waals surface area contributed by atoms with Gasteiger partial charge in [-0.1, -0.05) is 47.9 Å². The van der Waals surface area contributed by atoms with Gasteiger partial charge in [0.2, 0.25) is 0 Å². The van der Waals surface area contributed by atoms with Gasteiger partial charge in [-0.2, -0.15) is 5.12 Å². The fraction of sp³-hybridized carbons (Fsp3) is 0.519. The number of aromatic nitrogens is 1. The first kappa shape index (κ1) is 25.8. The highest BCUT2D eigenvalue weighted by Crippen LogP contribution is 2.38. The lowest BCUT2D eigenvalue weighted by atomic mass is 9.83. The number of halogens is 2. The summed E-state index contributed by atoms with van der Waals surface area (Å²) in [6, 6.07) is 10.6. The number of thiophene rings is 1. The van der Waals surface area contributed by atoms with E-state index >= 15 is 0 Å². The van der Waals surface area contributed by atoms with Crippen molar-refractivity contribution < 1.29 is 9.28 Å². The topological polar surface area (TPSA) is 36.1 Å². The molecule has 0 spiro atoms. The van der Waals surface area contributed by atoms with E-state index in [2.05, 4.69) is 43.1 Å². The lowest BCUT2D eigenvalue weighted by molar-refractivity contribution is -0.152. The third kappa shape index (κ3) is 6.19. The Morgan fingerprint density at radius 2 is 1.82 bits per heavy atom. The molecule has 4 rings (SSSR count). The number of hydrogen-bond acceptors (Lipinski definition) is 2. The lowest BCUT2D eigenvalue weighted by Crippen LogP contribution is -2.39. The predicted octanol–water partition coefficient (Wildman–Crippen LogP) is 8.33. The molecule has 0 unspecified atom stereocenters. The normalized spacial score (nSPS) is 14.0. The molecule has 0 bridgehead atoms. The molecule has 2 aromatic heterocycles. The molecule has 0 radical (unpaired) electrons. The molecule has 0 atom stereocenters. The maximum atomic E-state index is 14.5. The number of carbonyl (C=O) groups excluding carboxylic acids is 1. The van der Waals surface area contributed by atoms with Crippen LogP contribution in [0, 0.1) is 19.8 Å². The Morgan fingerprint density at radius 3 is 2.33 bits per heavy atom. The van der Waals surface area contributed by atoms with E-state index in [0.29, 0.717) is 11.0 Å².